The molecule has 5 nitrogen and oxygen atoms in total. The molecule has 0 radical (unpaired) electrons. The first-order chi connectivity index (χ1) is 10.1. The number of furan rings is 1. The van der Waals surface area contributed by atoms with Crippen LogP contribution in [0, 0.1) is 5.92 Å². The summed E-state index contributed by atoms with van der Waals surface area (Å²) in [6.45, 7) is 10.8. The summed E-state index contributed by atoms with van der Waals surface area (Å²) < 4.78 is 5.50. The summed E-state index contributed by atoms with van der Waals surface area (Å²) in [6, 6.07) is 4.32. The maximum atomic E-state index is 9.00. The van der Waals surface area contributed by atoms with Crippen LogP contribution >= 0.6 is 0 Å². The summed E-state index contributed by atoms with van der Waals surface area (Å²) in [5, 5.41) is 12.5. The van der Waals surface area contributed by atoms with Gasteiger partial charge in [0.2, 0.25) is 0 Å². The Morgan fingerprint density at radius 1 is 1.19 bits per heavy atom. The minimum atomic E-state index is -0.0318. The summed E-state index contributed by atoms with van der Waals surface area (Å²) in [5.74, 6) is 2.15. The van der Waals surface area contributed by atoms with Gasteiger partial charge in [0.05, 0.1) is 6.54 Å². The first-order valence-electron chi connectivity index (χ1n) is 7.92. The van der Waals surface area contributed by atoms with E-state index < -0.39 is 0 Å². The van der Waals surface area contributed by atoms with Crippen molar-refractivity contribution in [1.29, 1.82) is 0 Å². The fourth-order valence-corrected chi connectivity index (χ4v) is 2.89. The summed E-state index contributed by atoms with van der Waals surface area (Å²) in [5.41, 5.74) is 0. The molecule has 0 saturated carbocycles. The lowest BCUT2D eigenvalue weighted by molar-refractivity contribution is 0.0872. The second-order valence-corrected chi connectivity index (χ2v) is 6.31. The standard InChI is InChI=1S/C16H29N3O2/c1-13(2)16(19-8-6-18(3)7-9-19)11-17-10-14-4-5-15(12-20)21-14/h4-5,13,16-17,20H,6-12H2,1-3H3. The highest BCUT2D eigenvalue weighted by molar-refractivity contribution is 5.06. The maximum absolute atomic E-state index is 9.00. The van der Waals surface area contributed by atoms with Crippen molar-refractivity contribution in [3.05, 3.63) is 23.7 Å². The van der Waals surface area contributed by atoms with Gasteiger partial charge >= 0.3 is 0 Å². The Hall–Kier alpha value is -0.880. The van der Waals surface area contributed by atoms with Gasteiger partial charge in [0.1, 0.15) is 18.1 Å². The van der Waals surface area contributed by atoms with E-state index in [1.165, 1.54) is 0 Å². The highest BCUT2D eigenvalue weighted by atomic mass is 16.4. The van der Waals surface area contributed by atoms with Crippen LogP contribution in [0.4, 0.5) is 0 Å². The summed E-state index contributed by atoms with van der Waals surface area (Å²) in [7, 11) is 2.19. The van der Waals surface area contributed by atoms with E-state index in [-0.39, 0.29) is 6.61 Å². The van der Waals surface area contributed by atoms with Gasteiger partial charge in [-0.05, 0) is 25.1 Å². The summed E-state index contributed by atoms with van der Waals surface area (Å²) in [6.07, 6.45) is 0. The molecule has 2 N–H and O–H groups in total. The normalized spacial score (nSPS) is 19.3. The van der Waals surface area contributed by atoms with Crippen LogP contribution in [0.5, 0.6) is 0 Å². The minimum absolute atomic E-state index is 0.0318. The number of likely N-dealkylation sites (N-methyl/N-ethyl adjacent to an activating group) is 1. The number of piperazine rings is 1. The lowest BCUT2D eigenvalue weighted by Gasteiger charge is -2.40. The number of nitrogens with one attached hydrogen (secondary N) is 1. The van der Waals surface area contributed by atoms with Crippen LogP contribution in [-0.2, 0) is 13.2 Å². The molecule has 1 saturated heterocycles. The van der Waals surface area contributed by atoms with E-state index in [0.29, 0.717) is 17.7 Å². The average molecular weight is 295 g/mol. The van der Waals surface area contributed by atoms with Crippen LogP contribution < -0.4 is 5.32 Å². The predicted molar refractivity (Wildman–Crippen MR) is 84.0 cm³/mol. The van der Waals surface area contributed by atoms with Gasteiger partial charge in [-0.15, -0.1) is 0 Å². The topological polar surface area (TPSA) is 51.9 Å². The van der Waals surface area contributed by atoms with Crippen molar-refractivity contribution in [3.63, 3.8) is 0 Å². The average Bonchev–Trinajstić information content (AvgIpc) is 2.92. The zero-order valence-electron chi connectivity index (χ0n) is 13.5. The number of hydrogen-bond donors (Lipinski definition) is 2. The number of nitrogens with zero attached hydrogens (tertiary/aromatic N) is 2. The van der Waals surface area contributed by atoms with Crippen LogP contribution in [0.15, 0.2) is 16.5 Å². The van der Waals surface area contributed by atoms with E-state index in [9.17, 15) is 0 Å². The summed E-state index contributed by atoms with van der Waals surface area (Å²) >= 11 is 0. The lowest BCUT2D eigenvalue weighted by Crippen LogP contribution is -2.53. The van der Waals surface area contributed by atoms with E-state index in [4.69, 9.17) is 9.52 Å². The quantitative estimate of drug-likeness (QED) is 0.790. The van der Waals surface area contributed by atoms with Crippen molar-refractivity contribution >= 4 is 0 Å². The molecule has 1 aromatic heterocycles. The van der Waals surface area contributed by atoms with E-state index in [1.807, 2.05) is 12.1 Å². The van der Waals surface area contributed by atoms with Gasteiger partial charge in [-0.2, -0.15) is 0 Å². The van der Waals surface area contributed by atoms with Gasteiger partial charge in [-0.1, -0.05) is 13.8 Å². The monoisotopic (exact) mass is 295 g/mol. The zero-order chi connectivity index (χ0) is 15.2. The Kier molecular flexibility index (Phi) is 6.23. The van der Waals surface area contributed by atoms with E-state index in [2.05, 4.69) is 36.0 Å². The first kappa shape index (κ1) is 16.5. The molecule has 0 spiro atoms. The van der Waals surface area contributed by atoms with Crippen molar-refractivity contribution in [2.45, 2.75) is 33.0 Å². The Morgan fingerprint density at radius 2 is 1.86 bits per heavy atom. The minimum Gasteiger partial charge on any atom is -0.462 e. The largest absolute Gasteiger partial charge is 0.462 e. The van der Waals surface area contributed by atoms with Crippen molar-refractivity contribution in [3.8, 4) is 0 Å². The fourth-order valence-electron chi connectivity index (χ4n) is 2.89. The number of rotatable bonds is 7. The van der Waals surface area contributed by atoms with Gasteiger partial charge in [0, 0.05) is 38.8 Å². The molecule has 1 aromatic rings. The van der Waals surface area contributed by atoms with Crippen LogP contribution in [0.1, 0.15) is 25.4 Å². The maximum Gasteiger partial charge on any atom is 0.129 e. The van der Waals surface area contributed by atoms with E-state index in [0.717, 1.165) is 45.0 Å². The SMILES string of the molecule is CC(C)C(CNCc1ccc(CO)o1)N1CCN(C)CC1. The second-order valence-electron chi connectivity index (χ2n) is 6.31. The molecule has 0 aliphatic carbocycles. The molecule has 2 rings (SSSR count). The molecule has 1 unspecified atom stereocenters. The molecule has 0 amide bonds. The Labute approximate surface area is 127 Å². The molecule has 1 atom stereocenters. The molecule has 1 fully saturated rings. The van der Waals surface area contributed by atoms with E-state index in [1.54, 1.807) is 0 Å². The number of hydrogen-bond acceptors (Lipinski definition) is 5. The molecule has 2 heterocycles. The molecular weight excluding hydrogens is 266 g/mol. The highest BCUT2D eigenvalue weighted by Gasteiger charge is 2.24. The zero-order valence-corrected chi connectivity index (χ0v) is 13.5. The number of aliphatic hydroxyl groups excluding tert-OH is 1. The van der Waals surface area contributed by atoms with Gasteiger partial charge in [0.25, 0.3) is 0 Å². The Balaban J connectivity index is 1.80. The third-order valence-electron chi connectivity index (χ3n) is 4.30. The van der Waals surface area contributed by atoms with E-state index >= 15 is 0 Å². The van der Waals surface area contributed by atoms with Crippen LogP contribution in [0.25, 0.3) is 0 Å². The molecular formula is C16H29N3O2. The van der Waals surface area contributed by atoms with Gasteiger partial charge in [-0.3, -0.25) is 4.90 Å². The fraction of sp³-hybridized carbons (Fsp3) is 0.750. The Bertz CT molecular complexity index is 411. The lowest BCUT2D eigenvalue weighted by atomic mass is 10.0. The molecule has 0 aromatic carbocycles. The van der Waals surface area contributed by atoms with Crippen molar-refractivity contribution in [1.82, 2.24) is 15.1 Å². The first-order valence-corrected chi connectivity index (χ1v) is 7.92. The predicted octanol–water partition coefficient (Wildman–Crippen LogP) is 1.13. The molecule has 1 aliphatic heterocycles. The molecule has 21 heavy (non-hydrogen) atoms. The summed E-state index contributed by atoms with van der Waals surface area (Å²) in [4.78, 5) is 4.99. The second kappa shape index (κ2) is 7.94. The smallest absolute Gasteiger partial charge is 0.129 e. The third-order valence-corrected chi connectivity index (χ3v) is 4.30. The Morgan fingerprint density at radius 3 is 2.43 bits per heavy atom. The number of aliphatic hydroxyl groups is 1. The molecule has 5 heteroatoms. The molecule has 0 bridgehead atoms. The van der Waals surface area contributed by atoms with Gasteiger partial charge in [-0.25, -0.2) is 0 Å². The van der Waals surface area contributed by atoms with Crippen molar-refractivity contribution in [2.24, 2.45) is 5.92 Å². The van der Waals surface area contributed by atoms with Crippen molar-refractivity contribution < 1.29 is 9.52 Å². The third kappa shape index (κ3) is 4.81. The van der Waals surface area contributed by atoms with Crippen molar-refractivity contribution in [2.75, 3.05) is 39.8 Å². The van der Waals surface area contributed by atoms with Crippen LogP contribution in [0.2, 0.25) is 0 Å². The molecule has 1 aliphatic rings. The van der Waals surface area contributed by atoms with Crippen LogP contribution in [-0.4, -0.2) is 60.7 Å². The van der Waals surface area contributed by atoms with Gasteiger partial charge < -0.3 is 19.7 Å². The highest BCUT2D eigenvalue weighted by Crippen LogP contribution is 2.13. The van der Waals surface area contributed by atoms with Gasteiger partial charge in [0.15, 0.2) is 0 Å². The molecule has 120 valence electrons. The van der Waals surface area contributed by atoms with Crippen LogP contribution in [0.3, 0.4) is 0 Å².